The van der Waals surface area contributed by atoms with E-state index in [0.29, 0.717) is 38.0 Å². The summed E-state index contributed by atoms with van der Waals surface area (Å²) in [5, 5.41) is 6.05. The standard InChI is InChI=1S/C27H28N4O4S/c1-16(2)18-9-11-20(12-10-18)30-22(32)14-31-15-29-26-23(27(31)34)17(3)24(36-26)25(33)28-13-19-7-5-6-8-21(19)35-4/h5-12,15-16H,13-14H2,1-4H3,(H,28,33)(H,30,32). The lowest BCUT2D eigenvalue weighted by molar-refractivity contribution is -0.116. The molecule has 4 aromatic rings. The molecule has 2 aromatic heterocycles. The van der Waals surface area contributed by atoms with E-state index in [1.54, 1.807) is 14.0 Å². The molecule has 0 spiro atoms. The summed E-state index contributed by atoms with van der Waals surface area (Å²) in [6.07, 6.45) is 1.35. The lowest BCUT2D eigenvalue weighted by Gasteiger charge is -2.09. The van der Waals surface area contributed by atoms with E-state index in [-0.39, 0.29) is 30.5 Å². The van der Waals surface area contributed by atoms with E-state index in [2.05, 4.69) is 29.5 Å². The Bertz CT molecular complexity index is 1470. The first kappa shape index (κ1) is 25.1. The SMILES string of the molecule is COc1ccccc1CNC(=O)c1sc2ncn(CC(=O)Nc3ccc(C(C)C)cc3)c(=O)c2c1C. The Hall–Kier alpha value is -3.98. The maximum atomic E-state index is 13.2. The molecule has 0 aliphatic rings. The van der Waals surface area contributed by atoms with Gasteiger partial charge in [-0.3, -0.25) is 19.0 Å². The number of methoxy groups -OCH3 is 1. The number of para-hydroxylation sites is 1. The van der Waals surface area contributed by atoms with Gasteiger partial charge in [-0.05, 0) is 42.2 Å². The van der Waals surface area contributed by atoms with Gasteiger partial charge in [0.15, 0.2) is 0 Å². The van der Waals surface area contributed by atoms with Crippen LogP contribution in [0.25, 0.3) is 10.2 Å². The highest BCUT2D eigenvalue weighted by atomic mass is 32.1. The van der Waals surface area contributed by atoms with Gasteiger partial charge in [0.2, 0.25) is 5.91 Å². The number of aromatic nitrogens is 2. The second kappa shape index (κ2) is 10.7. The molecule has 0 aliphatic carbocycles. The zero-order chi connectivity index (χ0) is 25.8. The van der Waals surface area contributed by atoms with Crippen LogP contribution in [0.5, 0.6) is 5.75 Å². The molecule has 9 heteroatoms. The molecule has 0 atom stereocenters. The average molecular weight is 505 g/mol. The van der Waals surface area contributed by atoms with Crippen LogP contribution >= 0.6 is 11.3 Å². The van der Waals surface area contributed by atoms with Gasteiger partial charge in [0.05, 0.1) is 23.7 Å². The first-order valence-corrected chi connectivity index (χ1v) is 12.4. The highest BCUT2D eigenvalue weighted by Crippen LogP contribution is 2.27. The molecule has 0 saturated heterocycles. The highest BCUT2D eigenvalue weighted by Gasteiger charge is 2.20. The second-order valence-corrected chi connectivity index (χ2v) is 9.73. The number of hydrogen-bond acceptors (Lipinski definition) is 6. The minimum absolute atomic E-state index is 0.182. The average Bonchev–Trinajstić information content (AvgIpc) is 3.21. The topological polar surface area (TPSA) is 102 Å². The van der Waals surface area contributed by atoms with Crippen LogP contribution in [0.4, 0.5) is 5.69 Å². The van der Waals surface area contributed by atoms with Crippen molar-refractivity contribution >= 4 is 39.1 Å². The zero-order valence-electron chi connectivity index (χ0n) is 20.6. The fraction of sp³-hybridized carbons (Fsp3) is 0.259. The van der Waals surface area contributed by atoms with Crippen LogP contribution < -0.4 is 20.9 Å². The van der Waals surface area contributed by atoms with Crippen molar-refractivity contribution in [3.63, 3.8) is 0 Å². The predicted octanol–water partition coefficient (Wildman–Crippen LogP) is 4.47. The summed E-state index contributed by atoms with van der Waals surface area (Å²) in [5.74, 6) is 0.450. The lowest BCUT2D eigenvalue weighted by atomic mass is 10.0. The van der Waals surface area contributed by atoms with Crippen LogP contribution in [0.2, 0.25) is 0 Å². The van der Waals surface area contributed by atoms with Crippen molar-refractivity contribution in [2.45, 2.75) is 39.8 Å². The van der Waals surface area contributed by atoms with Crippen LogP contribution in [-0.2, 0) is 17.9 Å². The molecule has 8 nitrogen and oxygen atoms in total. The van der Waals surface area contributed by atoms with Crippen LogP contribution in [0, 0.1) is 6.92 Å². The number of aryl methyl sites for hydroxylation is 1. The maximum Gasteiger partial charge on any atom is 0.262 e. The number of ether oxygens (including phenoxy) is 1. The van der Waals surface area contributed by atoms with Crippen molar-refractivity contribution in [3.8, 4) is 5.75 Å². The van der Waals surface area contributed by atoms with Gasteiger partial charge in [0, 0.05) is 17.8 Å². The van der Waals surface area contributed by atoms with Crippen LogP contribution in [0.1, 0.15) is 46.1 Å². The summed E-state index contributed by atoms with van der Waals surface area (Å²) in [5.41, 5.74) is 2.87. The quantitative estimate of drug-likeness (QED) is 0.369. The summed E-state index contributed by atoms with van der Waals surface area (Å²) >= 11 is 1.16. The number of nitrogens with zero attached hydrogens (tertiary/aromatic N) is 2. The van der Waals surface area contributed by atoms with Gasteiger partial charge in [0.1, 0.15) is 17.1 Å². The Labute approximate surface area is 212 Å². The summed E-state index contributed by atoms with van der Waals surface area (Å²) < 4.78 is 6.59. The molecule has 0 fully saturated rings. The van der Waals surface area contributed by atoms with Crippen molar-refractivity contribution in [2.24, 2.45) is 0 Å². The van der Waals surface area contributed by atoms with Crippen LogP contribution in [0.3, 0.4) is 0 Å². The van der Waals surface area contributed by atoms with E-state index in [9.17, 15) is 14.4 Å². The Morgan fingerprint density at radius 2 is 1.83 bits per heavy atom. The molecule has 186 valence electrons. The number of carbonyl (C=O) groups is 2. The normalized spacial score (nSPS) is 11.0. The first-order valence-electron chi connectivity index (χ1n) is 11.6. The van der Waals surface area contributed by atoms with Gasteiger partial charge in [-0.1, -0.05) is 44.2 Å². The van der Waals surface area contributed by atoms with Gasteiger partial charge in [-0.2, -0.15) is 0 Å². The smallest absolute Gasteiger partial charge is 0.262 e. The van der Waals surface area contributed by atoms with Gasteiger partial charge >= 0.3 is 0 Å². The number of hydrogen-bond donors (Lipinski definition) is 2. The molecular formula is C27H28N4O4S. The van der Waals surface area contributed by atoms with Gasteiger partial charge < -0.3 is 15.4 Å². The minimum atomic E-state index is -0.358. The van der Waals surface area contributed by atoms with E-state index < -0.39 is 0 Å². The summed E-state index contributed by atoms with van der Waals surface area (Å²) in [6, 6.07) is 15.1. The summed E-state index contributed by atoms with van der Waals surface area (Å²) in [7, 11) is 1.58. The third-order valence-electron chi connectivity index (χ3n) is 5.93. The number of nitrogens with one attached hydrogen (secondary N) is 2. The van der Waals surface area contributed by atoms with Crippen LogP contribution in [0.15, 0.2) is 59.7 Å². The predicted molar refractivity (Wildman–Crippen MR) is 142 cm³/mol. The summed E-state index contributed by atoms with van der Waals surface area (Å²) in [4.78, 5) is 43.9. The van der Waals surface area contributed by atoms with Crippen molar-refractivity contribution < 1.29 is 14.3 Å². The van der Waals surface area contributed by atoms with E-state index in [1.807, 2.05) is 48.5 Å². The molecule has 2 N–H and O–H groups in total. The van der Waals surface area contributed by atoms with Crippen LogP contribution in [-0.4, -0.2) is 28.5 Å². The maximum absolute atomic E-state index is 13.2. The molecule has 2 heterocycles. The van der Waals surface area contributed by atoms with E-state index in [4.69, 9.17) is 4.74 Å². The molecule has 2 aromatic carbocycles. The lowest BCUT2D eigenvalue weighted by Crippen LogP contribution is -2.28. The third-order valence-corrected chi connectivity index (χ3v) is 7.13. The Balaban J connectivity index is 1.49. The minimum Gasteiger partial charge on any atom is -0.496 e. The number of benzene rings is 2. The Morgan fingerprint density at radius 3 is 2.53 bits per heavy atom. The molecular weight excluding hydrogens is 476 g/mol. The number of anilines is 1. The van der Waals surface area contributed by atoms with Crippen molar-refractivity contribution in [3.05, 3.63) is 86.8 Å². The van der Waals surface area contributed by atoms with E-state index >= 15 is 0 Å². The second-order valence-electron chi connectivity index (χ2n) is 8.73. The zero-order valence-corrected chi connectivity index (χ0v) is 21.4. The molecule has 0 aliphatic heterocycles. The number of fused-ring (bicyclic) bond motifs is 1. The molecule has 0 radical (unpaired) electrons. The Morgan fingerprint density at radius 1 is 1.11 bits per heavy atom. The molecule has 0 unspecified atom stereocenters. The Kier molecular flexibility index (Phi) is 7.49. The number of carbonyl (C=O) groups excluding carboxylic acids is 2. The fourth-order valence-electron chi connectivity index (χ4n) is 3.90. The molecule has 2 amide bonds. The molecule has 36 heavy (non-hydrogen) atoms. The van der Waals surface area contributed by atoms with Crippen molar-refractivity contribution in [2.75, 3.05) is 12.4 Å². The molecule has 0 bridgehead atoms. The highest BCUT2D eigenvalue weighted by molar-refractivity contribution is 7.20. The molecule has 0 saturated carbocycles. The number of rotatable bonds is 8. The fourth-order valence-corrected chi connectivity index (χ4v) is 4.96. The van der Waals surface area contributed by atoms with Gasteiger partial charge in [0.25, 0.3) is 11.5 Å². The van der Waals surface area contributed by atoms with Crippen molar-refractivity contribution in [1.82, 2.24) is 14.9 Å². The monoisotopic (exact) mass is 504 g/mol. The molecule has 4 rings (SSSR count). The van der Waals surface area contributed by atoms with E-state index in [1.165, 1.54) is 16.5 Å². The number of thiophene rings is 1. The largest absolute Gasteiger partial charge is 0.496 e. The summed E-state index contributed by atoms with van der Waals surface area (Å²) in [6.45, 7) is 6.03. The van der Waals surface area contributed by atoms with Gasteiger partial charge in [-0.25, -0.2) is 4.98 Å². The third kappa shape index (κ3) is 5.31. The first-order chi connectivity index (χ1) is 17.3. The van der Waals surface area contributed by atoms with Gasteiger partial charge in [-0.15, -0.1) is 11.3 Å². The van der Waals surface area contributed by atoms with Crippen molar-refractivity contribution in [1.29, 1.82) is 0 Å². The van der Waals surface area contributed by atoms with E-state index in [0.717, 1.165) is 16.9 Å². The number of amides is 2.